The molecule has 108 valence electrons. The summed E-state index contributed by atoms with van der Waals surface area (Å²) in [6.07, 6.45) is 7.52. The van der Waals surface area contributed by atoms with E-state index in [1.165, 1.54) is 19.3 Å². The van der Waals surface area contributed by atoms with Crippen LogP contribution in [0.3, 0.4) is 0 Å². The first-order valence-electron chi connectivity index (χ1n) is 7.73. The van der Waals surface area contributed by atoms with Crippen molar-refractivity contribution >= 4 is 11.6 Å². The van der Waals surface area contributed by atoms with Gasteiger partial charge in [-0.25, -0.2) is 5.43 Å². The fourth-order valence-corrected chi connectivity index (χ4v) is 2.71. The van der Waals surface area contributed by atoms with E-state index in [2.05, 4.69) is 17.5 Å². The van der Waals surface area contributed by atoms with Gasteiger partial charge in [-0.1, -0.05) is 62.9 Å². The highest BCUT2D eigenvalue weighted by Gasteiger charge is 2.20. The largest absolute Gasteiger partial charge is 0.273 e. The predicted octanol–water partition coefficient (Wildman–Crippen LogP) is 3.89. The van der Waals surface area contributed by atoms with Crippen LogP contribution in [0.4, 0.5) is 0 Å². The van der Waals surface area contributed by atoms with Gasteiger partial charge in [-0.15, -0.1) is 0 Å². The van der Waals surface area contributed by atoms with Crippen LogP contribution in [0.5, 0.6) is 0 Å². The molecule has 20 heavy (non-hydrogen) atoms. The van der Waals surface area contributed by atoms with Gasteiger partial charge in [0.2, 0.25) is 5.91 Å². The summed E-state index contributed by atoms with van der Waals surface area (Å²) < 4.78 is 0. The van der Waals surface area contributed by atoms with E-state index in [1.54, 1.807) is 0 Å². The van der Waals surface area contributed by atoms with E-state index in [9.17, 15) is 4.79 Å². The highest BCUT2D eigenvalue weighted by atomic mass is 16.2. The maximum Gasteiger partial charge on any atom is 0.243 e. The standard InChI is InChI=1S/C17H24N2O/c1-2-9-16(14-10-5-3-6-11-14)18-19-17(20)15-12-7-4-8-13-15/h3,5-6,10-11,15H,2,4,7-9,12-13H2,1H3,(H,19,20). The monoisotopic (exact) mass is 272 g/mol. The quantitative estimate of drug-likeness (QED) is 0.641. The van der Waals surface area contributed by atoms with E-state index in [4.69, 9.17) is 0 Å². The lowest BCUT2D eigenvalue weighted by molar-refractivity contribution is -0.125. The number of nitrogens with zero attached hydrogens (tertiary/aromatic N) is 1. The van der Waals surface area contributed by atoms with Gasteiger partial charge in [0.05, 0.1) is 5.71 Å². The molecule has 3 nitrogen and oxygen atoms in total. The third-order valence-electron chi connectivity index (χ3n) is 3.87. The zero-order valence-electron chi connectivity index (χ0n) is 12.3. The van der Waals surface area contributed by atoms with Crippen molar-refractivity contribution in [2.75, 3.05) is 0 Å². The molecule has 3 heteroatoms. The third kappa shape index (κ3) is 4.19. The Morgan fingerprint density at radius 3 is 2.55 bits per heavy atom. The van der Waals surface area contributed by atoms with E-state index >= 15 is 0 Å². The lowest BCUT2D eigenvalue weighted by Crippen LogP contribution is -2.29. The number of nitrogens with one attached hydrogen (secondary N) is 1. The zero-order valence-corrected chi connectivity index (χ0v) is 12.3. The molecule has 1 saturated carbocycles. The van der Waals surface area contributed by atoms with Gasteiger partial charge < -0.3 is 0 Å². The SMILES string of the molecule is CCCC(=NNC(=O)C1CCCCC1)c1ccccc1. The molecule has 1 aliphatic rings. The van der Waals surface area contributed by atoms with Crippen LogP contribution >= 0.6 is 0 Å². The minimum Gasteiger partial charge on any atom is -0.273 e. The van der Waals surface area contributed by atoms with Gasteiger partial charge in [-0.05, 0) is 24.8 Å². The Morgan fingerprint density at radius 1 is 1.20 bits per heavy atom. The lowest BCUT2D eigenvalue weighted by atomic mass is 9.89. The summed E-state index contributed by atoms with van der Waals surface area (Å²) in [4.78, 5) is 12.1. The molecule has 0 radical (unpaired) electrons. The fraction of sp³-hybridized carbons (Fsp3) is 0.529. The highest BCUT2D eigenvalue weighted by molar-refractivity contribution is 6.01. The van der Waals surface area contributed by atoms with Gasteiger partial charge in [0.1, 0.15) is 0 Å². The molecule has 0 aromatic heterocycles. The van der Waals surface area contributed by atoms with Crippen molar-refractivity contribution in [3.8, 4) is 0 Å². The Bertz CT molecular complexity index is 447. The first-order valence-corrected chi connectivity index (χ1v) is 7.73. The molecule has 0 atom stereocenters. The summed E-state index contributed by atoms with van der Waals surface area (Å²) in [6, 6.07) is 10.1. The van der Waals surface area contributed by atoms with Crippen molar-refractivity contribution in [2.45, 2.75) is 51.9 Å². The molecule has 2 rings (SSSR count). The van der Waals surface area contributed by atoms with Crippen molar-refractivity contribution in [2.24, 2.45) is 11.0 Å². The third-order valence-corrected chi connectivity index (χ3v) is 3.87. The number of carbonyl (C=O) groups excluding carboxylic acids is 1. The summed E-state index contributed by atoms with van der Waals surface area (Å²) >= 11 is 0. The topological polar surface area (TPSA) is 41.5 Å². The molecule has 1 amide bonds. The van der Waals surface area contributed by atoms with E-state index < -0.39 is 0 Å². The highest BCUT2D eigenvalue weighted by Crippen LogP contribution is 2.23. The van der Waals surface area contributed by atoms with Gasteiger partial charge >= 0.3 is 0 Å². The van der Waals surface area contributed by atoms with Crippen molar-refractivity contribution in [3.05, 3.63) is 35.9 Å². The predicted molar refractivity (Wildman–Crippen MR) is 82.6 cm³/mol. The van der Waals surface area contributed by atoms with Crippen LogP contribution < -0.4 is 5.43 Å². The summed E-state index contributed by atoms with van der Waals surface area (Å²) in [5, 5.41) is 4.38. The first-order chi connectivity index (χ1) is 9.81. The number of rotatable bonds is 5. The molecule has 0 bridgehead atoms. The molecule has 0 spiro atoms. The van der Waals surface area contributed by atoms with Gasteiger partial charge in [-0.3, -0.25) is 4.79 Å². The smallest absolute Gasteiger partial charge is 0.243 e. The molecular weight excluding hydrogens is 248 g/mol. The average Bonchev–Trinajstić information content (AvgIpc) is 2.53. The van der Waals surface area contributed by atoms with Gasteiger partial charge in [-0.2, -0.15) is 5.10 Å². The number of carbonyl (C=O) groups is 1. The fourth-order valence-electron chi connectivity index (χ4n) is 2.71. The summed E-state index contributed by atoms with van der Waals surface area (Å²) in [5.41, 5.74) is 4.85. The van der Waals surface area contributed by atoms with Gasteiger partial charge in [0.25, 0.3) is 0 Å². The number of hydrogen-bond acceptors (Lipinski definition) is 2. The summed E-state index contributed by atoms with van der Waals surface area (Å²) in [7, 11) is 0. The first kappa shape index (κ1) is 14.8. The van der Waals surface area contributed by atoms with Crippen LogP contribution in [-0.2, 0) is 4.79 Å². The van der Waals surface area contributed by atoms with Crippen molar-refractivity contribution in [1.82, 2.24) is 5.43 Å². The Hall–Kier alpha value is -1.64. The van der Waals surface area contributed by atoms with Crippen molar-refractivity contribution in [3.63, 3.8) is 0 Å². The number of amides is 1. The minimum atomic E-state index is 0.0919. The number of benzene rings is 1. The molecular formula is C17H24N2O. The molecule has 1 fully saturated rings. The van der Waals surface area contributed by atoms with E-state index in [0.29, 0.717) is 0 Å². The lowest BCUT2D eigenvalue weighted by Gasteiger charge is -2.19. The maximum atomic E-state index is 12.1. The second-order valence-corrected chi connectivity index (χ2v) is 5.49. The molecule has 0 saturated heterocycles. The zero-order chi connectivity index (χ0) is 14.2. The maximum absolute atomic E-state index is 12.1. The van der Waals surface area contributed by atoms with Gasteiger partial charge in [0, 0.05) is 5.92 Å². The van der Waals surface area contributed by atoms with Crippen LogP contribution in [-0.4, -0.2) is 11.6 Å². The summed E-state index contributed by atoms with van der Waals surface area (Å²) in [5.74, 6) is 0.250. The van der Waals surface area contributed by atoms with Crippen LogP contribution in [0.15, 0.2) is 35.4 Å². The Kier molecular flexibility index (Phi) is 5.78. The van der Waals surface area contributed by atoms with E-state index in [-0.39, 0.29) is 11.8 Å². The Labute approximate surface area is 121 Å². The van der Waals surface area contributed by atoms with Crippen LogP contribution in [0.2, 0.25) is 0 Å². The van der Waals surface area contributed by atoms with E-state index in [0.717, 1.165) is 37.0 Å². The minimum absolute atomic E-state index is 0.0919. The molecule has 1 aromatic rings. The van der Waals surface area contributed by atoms with Crippen molar-refractivity contribution in [1.29, 1.82) is 0 Å². The number of hydrogen-bond donors (Lipinski definition) is 1. The van der Waals surface area contributed by atoms with Crippen LogP contribution in [0.25, 0.3) is 0 Å². The Balaban J connectivity index is 2.00. The molecule has 0 aliphatic heterocycles. The van der Waals surface area contributed by atoms with Gasteiger partial charge in [0.15, 0.2) is 0 Å². The van der Waals surface area contributed by atoms with Crippen LogP contribution in [0, 0.1) is 5.92 Å². The van der Waals surface area contributed by atoms with Crippen molar-refractivity contribution < 1.29 is 4.79 Å². The van der Waals surface area contributed by atoms with E-state index in [1.807, 2.05) is 30.3 Å². The molecule has 1 aromatic carbocycles. The molecule has 0 unspecified atom stereocenters. The molecule has 1 N–H and O–H groups in total. The Morgan fingerprint density at radius 2 is 1.90 bits per heavy atom. The number of hydrazone groups is 1. The summed E-state index contributed by atoms with van der Waals surface area (Å²) in [6.45, 7) is 2.13. The second kappa shape index (κ2) is 7.83. The molecule has 0 heterocycles. The second-order valence-electron chi connectivity index (χ2n) is 5.49. The van der Waals surface area contributed by atoms with Crippen LogP contribution in [0.1, 0.15) is 57.4 Å². The average molecular weight is 272 g/mol. The normalized spacial score (nSPS) is 16.9. The molecule has 1 aliphatic carbocycles.